The zero-order valence-corrected chi connectivity index (χ0v) is 9.69. The Morgan fingerprint density at radius 2 is 2.15 bits per heavy atom. The first-order valence-electron chi connectivity index (χ1n) is 4.64. The van der Waals surface area contributed by atoms with E-state index in [1.807, 2.05) is 0 Å². The molecule has 0 aromatic heterocycles. The molecule has 1 heterocycles. The number of benzene rings is 1. The maximum atomic E-state index is 3.58. The predicted octanol–water partition coefficient (Wildman–Crippen LogP) is 2.75. The van der Waals surface area contributed by atoms with Gasteiger partial charge in [-0.2, -0.15) is 0 Å². The van der Waals surface area contributed by atoms with Gasteiger partial charge < -0.3 is 4.90 Å². The highest BCUT2D eigenvalue weighted by Crippen LogP contribution is 2.27. The van der Waals surface area contributed by atoms with Gasteiger partial charge in [-0.3, -0.25) is 0 Å². The van der Waals surface area contributed by atoms with Crippen LogP contribution in [0.3, 0.4) is 0 Å². The molecule has 0 fully saturated rings. The van der Waals surface area contributed by atoms with Crippen LogP contribution in [-0.2, 0) is 13.0 Å². The van der Waals surface area contributed by atoms with E-state index >= 15 is 0 Å². The molecule has 1 nitrogen and oxygen atoms in total. The first-order valence-corrected chi connectivity index (χ1v) is 5.43. The van der Waals surface area contributed by atoms with Gasteiger partial charge in [0.2, 0.25) is 0 Å². The monoisotopic (exact) mass is 239 g/mol. The first kappa shape index (κ1) is 9.22. The van der Waals surface area contributed by atoms with Gasteiger partial charge in [0.05, 0.1) is 0 Å². The van der Waals surface area contributed by atoms with Crippen molar-refractivity contribution in [2.75, 3.05) is 13.6 Å². The number of hydrogen-bond acceptors (Lipinski definition) is 1. The van der Waals surface area contributed by atoms with E-state index in [1.54, 1.807) is 0 Å². The standard InChI is InChI=1S/C11H14BrN/c1-8-10-7-13(2)6-5-9(10)3-4-11(8)12/h3-4H,5-7H2,1-2H3. The van der Waals surface area contributed by atoms with Gasteiger partial charge in [0.1, 0.15) is 0 Å². The third-order valence-electron chi connectivity index (χ3n) is 2.82. The maximum Gasteiger partial charge on any atom is 0.0236 e. The summed E-state index contributed by atoms with van der Waals surface area (Å²) in [5, 5.41) is 0. The van der Waals surface area contributed by atoms with E-state index in [0.29, 0.717) is 0 Å². The third-order valence-corrected chi connectivity index (χ3v) is 3.68. The van der Waals surface area contributed by atoms with Crippen molar-refractivity contribution in [1.29, 1.82) is 0 Å². The Labute approximate surface area is 87.9 Å². The summed E-state index contributed by atoms with van der Waals surface area (Å²) in [4.78, 5) is 2.38. The summed E-state index contributed by atoms with van der Waals surface area (Å²) in [6, 6.07) is 4.42. The Kier molecular flexibility index (Phi) is 2.43. The average Bonchev–Trinajstić information content (AvgIpc) is 2.12. The Morgan fingerprint density at radius 3 is 2.92 bits per heavy atom. The fourth-order valence-electron chi connectivity index (χ4n) is 1.90. The molecular weight excluding hydrogens is 226 g/mol. The van der Waals surface area contributed by atoms with Crippen LogP contribution < -0.4 is 0 Å². The Hall–Kier alpha value is -0.340. The van der Waals surface area contributed by atoms with Crippen molar-refractivity contribution in [1.82, 2.24) is 4.90 Å². The second kappa shape index (κ2) is 3.43. The van der Waals surface area contributed by atoms with Gasteiger partial charge in [-0.05, 0) is 43.1 Å². The molecule has 0 saturated heterocycles. The summed E-state index contributed by atoms with van der Waals surface area (Å²) in [6.07, 6.45) is 1.19. The van der Waals surface area contributed by atoms with Crippen LogP contribution in [0, 0.1) is 6.92 Å². The number of fused-ring (bicyclic) bond motifs is 1. The zero-order chi connectivity index (χ0) is 9.42. The second-order valence-electron chi connectivity index (χ2n) is 3.80. The molecule has 0 saturated carbocycles. The van der Waals surface area contributed by atoms with Crippen molar-refractivity contribution in [3.63, 3.8) is 0 Å². The summed E-state index contributed by atoms with van der Waals surface area (Å²) in [5.41, 5.74) is 4.45. The molecule has 0 amide bonds. The highest BCUT2D eigenvalue weighted by atomic mass is 79.9. The number of rotatable bonds is 0. The van der Waals surface area contributed by atoms with Gasteiger partial charge >= 0.3 is 0 Å². The minimum atomic E-state index is 1.10. The molecule has 0 aliphatic carbocycles. The van der Waals surface area contributed by atoms with E-state index in [9.17, 15) is 0 Å². The molecule has 1 aromatic carbocycles. The summed E-state index contributed by atoms with van der Waals surface area (Å²) in [5.74, 6) is 0. The van der Waals surface area contributed by atoms with E-state index in [-0.39, 0.29) is 0 Å². The van der Waals surface area contributed by atoms with Crippen LogP contribution in [0.1, 0.15) is 16.7 Å². The molecule has 1 aliphatic rings. The molecule has 0 radical (unpaired) electrons. The second-order valence-corrected chi connectivity index (χ2v) is 4.65. The van der Waals surface area contributed by atoms with Crippen LogP contribution in [0.25, 0.3) is 0 Å². The largest absolute Gasteiger partial charge is 0.302 e. The van der Waals surface area contributed by atoms with Crippen molar-refractivity contribution in [3.05, 3.63) is 33.3 Å². The fraction of sp³-hybridized carbons (Fsp3) is 0.455. The van der Waals surface area contributed by atoms with Gasteiger partial charge in [0.25, 0.3) is 0 Å². The van der Waals surface area contributed by atoms with Gasteiger partial charge in [-0.25, -0.2) is 0 Å². The highest BCUT2D eigenvalue weighted by Gasteiger charge is 2.15. The predicted molar refractivity (Wildman–Crippen MR) is 58.9 cm³/mol. The first-order chi connectivity index (χ1) is 6.18. The Bertz CT molecular complexity index is 333. The van der Waals surface area contributed by atoms with Crippen molar-refractivity contribution < 1.29 is 0 Å². The van der Waals surface area contributed by atoms with Crippen molar-refractivity contribution in [3.8, 4) is 0 Å². The summed E-state index contributed by atoms with van der Waals surface area (Å²) in [7, 11) is 2.18. The van der Waals surface area contributed by atoms with Crippen molar-refractivity contribution >= 4 is 15.9 Å². The average molecular weight is 240 g/mol. The van der Waals surface area contributed by atoms with Crippen molar-refractivity contribution in [2.45, 2.75) is 19.9 Å². The summed E-state index contributed by atoms with van der Waals surface area (Å²) >= 11 is 3.58. The minimum Gasteiger partial charge on any atom is -0.302 e. The van der Waals surface area contributed by atoms with Gasteiger partial charge in [-0.15, -0.1) is 0 Å². The van der Waals surface area contributed by atoms with Gasteiger partial charge in [0, 0.05) is 17.6 Å². The van der Waals surface area contributed by atoms with Crippen LogP contribution in [0.5, 0.6) is 0 Å². The topological polar surface area (TPSA) is 3.24 Å². The molecule has 2 heteroatoms. The van der Waals surface area contributed by atoms with Crippen molar-refractivity contribution in [2.24, 2.45) is 0 Å². The molecule has 0 atom stereocenters. The van der Waals surface area contributed by atoms with E-state index < -0.39 is 0 Å². The van der Waals surface area contributed by atoms with Crippen LogP contribution in [0.2, 0.25) is 0 Å². The van der Waals surface area contributed by atoms with E-state index in [2.05, 4.69) is 46.9 Å². The van der Waals surface area contributed by atoms with Crippen LogP contribution in [0.4, 0.5) is 0 Å². The summed E-state index contributed by atoms with van der Waals surface area (Å²) < 4.78 is 1.24. The highest BCUT2D eigenvalue weighted by molar-refractivity contribution is 9.10. The molecule has 0 unspecified atom stereocenters. The normalized spacial score (nSPS) is 17.2. The van der Waals surface area contributed by atoms with E-state index in [1.165, 1.54) is 34.1 Å². The molecule has 0 bridgehead atoms. The smallest absolute Gasteiger partial charge is 0.0236 e. The number of halogens is 1. The molecule has 2 rings (SSSR count). The SMILES string of the molecule is Cc1c(Br)ccc2c1CN(C)CC2. The Balaban J connectivity index is 2.48. The van der Waals surface area contributed by atoms with Gasteiger partial charge in [0.15, 0.2) is 0 Å². The molecular formula is C11H14BrN. The number of nitrogens with zero attached hydrogens (tertiary/aromatic N) is 1. The zero-order valence-electron chi connectivity index (χ0n) is 8.10. The van der Waals surface area contributed by atoms with Crippen LogP contribution in [-0.4, -0.2) is 18.5 Å². The minimum absolute atomic E-state index is 1.10. The number of likely N-dealkylation sites (N-methyl/N-ethyl adjacent to an activating group) is 1. The lowest BCUT2D eigenvalue weighted by molar-refractivity contribution is 0.312. The lowest BCUT2D eigenvalue weighted by Crippen LogP contribution is -2.27. The Morgan fingerprint density at radius 1 is 1.38 bits per heavy atom. The fourth-order valence-corrected chi connectivity index (χ4v) is 2.27. The van der Waals surface area contributed by atoms with Gasteiger partial charge in [-0.1, -0.05) is 22.0 Å². The number of hydrogen-bond donors (Lipinski definition) is 0. The van der Waals surface area contributed by atoms with Crippen LogP contribution >= 0.6 is 15.9 Å². The molecule has 1 aliphatic heterocycles. The lowest BCUT2D eigenvalue weighted by Gasteiger charge is -2.26. The quantitative estimate of drug-likeness (QED) is 0.674. The lowest BCUT2D eigenvalue weighted by atomic mass is 9.96. The molecule has 0 spiro atoms. The molecule has 70 valence electrons. The molecule has 13 heavy (non-hydrogen) atoms. The molecule has 0 N–H and O–H groups in total. The van der Waals surface area contributed by atoms with E-state index in [4.69, 9.17) is 0 Å². The van der Waals surface area contributed by atoms with E-state index in [0.717, 1.165) is 6.54 Å². The third kappa shape index (κ3) is 1.65. The van der Waals surface area contributed by atoms with Crippen LogP contribution in [0.15, 0.2) is 16.6 Å². The summed E-state index contributed by atoms with van der Waals surface area (Å²) in [6.45, 7) is 4.48. The molecule has 1 aromatic rings. The maximum absolute atomic E-state index is 3.58.